The third kappa shape index (κ3) is 3.90. The van der Waals surface area contributed by atoms with Crippen molar-refractivity contribution in [2.45, 2.75) is 44.8 Å². The van der Waals surface area contributed by atoms with Crippen molar-refractivity contribution in [1.82, 2.24) is 10.2 Å². The average Bonchev–Trinajstić information content (AvgIpc) is 3.05. The molecule has 2 aromatic rings. The van der Waals surface area contributed by atoms with Crippen LogP contribution in [0.3, 0.4) is 0 Å². The summed E-state index contributed by atoms with van der Waals surface area (Å²) in [6.45, 7) is 1.48. The van der Waals surface area contributed by atoms with Gasteiger partial charge in [0.2, 0.25) is 0 Å². The number of hydrogen-bond acceptors (Lipinski definition) is 4. The predicted octanol–water partition coefficient (Wildman–Crippen LogP) is 3.76. The summed E-state index contributed by atoms with van der Waals surface area (Å²) in [5.41, 5.74) is 0.349. The van der Waals surface area contributed by atoms with Crippen molar-refractivity contribution in [3.63, 3.8) is 0 Å². The van der Waals surface area contributed by atoms with E-state index in [2.05, 4.69) is 5.32 Å². The number of nitrogens with one attached hydrogen (secondary N) is 1. The predicted molar refractivity (Wildman–Crippen MR) is 111 cm³/mol. The Morgan fingerprint density at radius 1 is 1.19 bits per heavy atom. The molecule has 166 valence electrons. The fourth-order valence-electron chi connectivity index (χ4n) is 4.19. The molecule has 32 heavy (non-hydrogen) atoms. The van der Waals surface area contributed by atoms with Gasteiger partial charge in [-0.25, -0.2) is 8.78 Å². The molecule has 0 radical (unpaired) electrons. The topological polar surface area (TPSA) is 83.6 Å². The van der Waals surface area contributed by atoms with Gasteiger partial charge in [-0.3, -0.25) is 19.2 Å². The lowest BCUT2D eigenvalue weighted by Gasteiger charge is -2.29. The fourth-order valence-corrected chi connectivity index (χ4v) is 4.52. The molecule has 1 fully saturated rings. The minimum absolute atomic E-state index is 0.0415. The normalized spacial score (nSPS) is 19.2. The van der Waals surface area contributed by atoms with Crippen LogP contribution in [0.25, 0.3) is 0 Å². The first kappa shape index (κ1) is 22.1. The van der Waals surface area contributed by atoms with E-state index >= 15 is 4.39 Å². The van der Waals surface area contributed by atoms with E-state index < -0.39 is 35.5 Å². The van der Waals surface area contributed by atoms with E-state index in [1.165, 1.54) is 29.2 Å². The molecule has 1 saturated carbocycles. The summed E-state index contributed by atoms with van der Waals surface area (Å²) in [6, 6.07) is 4.95. The van der Waals surface area contributed by atoms with E-state index in [1.807, 2.05) is 0 Å². The lowest BCUT2D eigenvalue weighted by molar-refractivity contribution is -0.133. The van der Waals surface area contributed by atoms with Crippen molar-refractivity contribution in [3.05, 3.63) is 69.2 Å². The first-order chi connectivity index (χ1) is 15.2. The Balaban J connectivity index is 1.55. The van der Waals surface area contributed by atoms with E-state index in [-0.39, 0.29) is 59.1 Å². The largest absolute Gasteiger partial charge is 0.345 e. The van der Waals surface area contributed by atoms with Crippen LogP contribution in [0.5, 0.6) is 0 Å². The van der Waals surface area contributed by atoms with Crippen molar-refractivity contribution in [3.8, 4) is 0 Å². The zero-order valence-electron chi connectivity index (χ0n) is 17.1. The zero-order valence-corrected chi connectivity index (χ0v) is 17.8. The SMILES string of the molecule is C[C@H](NC(=O)c1ccc2c(c1F)CN(C1CCC(=O)CC1=O)C2=O)c1ccc(F)cc1Cl. The number of Topliss-reactive ketones (excluding diaryl/α,β-unsaturated/α-hetero) is 2. The number of ketones is 2. The van der Waals surface area contributed by atoms with E-state index in [9.17, 15) is 23.6 Å². The smallest absolute Gasteiger partial charge is 0.255 e. The molecule has 0 spiro atoms. The van der Waals surface area contributed by atoms with Gasteiger partial charge in [-0.15, -0.1) is 0 Å². The van der Waals surface area contributed by atoms with Crippen LogP contribution in [-0.4, -0.2) is 34.3 Å². The van der Waals surface area contributed by atoms with Gasteiger partial charge < -0.3 is 10.2 Å². The van der Waals surface area contributed by atoms with Gasteiger partial charge in [-0.1, -0.05) is 17.7 Å². The van der Waals surface area contributed by atoms with Crippen LogP contribution < -0.4 is 5.32 Å². The molecule has 0 saturated heterocycles. The van der Waals surface area contributed by atoms with Crippen molar-refractivity contribution < 1.29 is 28.0 Å². The lowest BCUT2D eigenvalue weighted by atomic mass is 9.92. The van der Waals surface area contributed by atoms with Gasteiger partial charge in [0.15, 0.2) is 5.78 Å². The van der Waals surface area contributed by atoms with Crippen molar-refractivity contribution >= 4 is 35.0 Å². The highest BCUT2D eigenvalue weighted by Gasteiger charge is 2.40. The molecule has 1 aliphatic heterocycles. The van der Waals surface area contributed by atoms with E-state index in [1.54, 1.807) is 6.92 Å². The molecule has 1 unspecified atom stereocenters. The molecule has 2 aliphatic rings. The summed E-state index contributed by atoms with van der Waals surface area (Å²) >= 11 is 6.03. The second-order valence-corrected chi connectivity index (χ2v) is 8.39. The summed E-state index contributed by atoms with van der Waals surface area (Å²) in [5, 5.41) is 2.76. The summed E-state index contributed by atoms with van der Waals surface area (Å²) < 4.78 is 28.5. The number of nitrogens with zero attached hydrogens (tertiary/aromatic N) is 1. The second kappa shape index (κ2) is 8.43. The third-order valence-corrected chi connectivity index (χ3v) is 6.23. The number of rotatable bonds is 4. The van der Waals surface area contributed by atoms with Crippen LogP contribution in [0.2, 0.25) is 5.02 Å². The molecular formula is C23H19ClF2N2O4. The van der Waals surface area contributed by atoms with Crippen LogP contribution in [0, 0.1) is 11.6 Å². The number of fused-ring (bicyclic) bond motifs is 1. The third-order valence-electron chi connectivity index (χ3n) is 5.90. The minimum Gasteiger partial charge on any atom is -0.345 e. The van der Waals surface area contributed by atoms with Gasteiger partial charge >= 0.3 is 0 Å². The average molecular weight is 461 g/mol. The zero-order chi connectivity index (χ0) is 23.2. The molecule has 1 N–H and O–H groups in total. The molecule has 2 atom stereocenters. The van der Waals surface area contributed by atoms with Crippen LogP contribution in [0.15, 0.2) is 30.3 Å². The second-order valence-electron chi connectivity index (χ2n) is 7.98. The van der Waals surface area contributed by atoms with Gasteiger partial charge in [-0.05, 0) is 43.2 Å². The van der Waals surface area contributed by atoms with Gasteiger partial charge in [0.25, 0.3) is 11.8 Å². The molecular weight excluding hydrogens is 442 g/mol. The Morgan fingerprint density at radius 3 is 2.62 bits per heavy atom. The maximum atomic E-state index is 15.2. The number of benzene rings is 2. The summed E-state index contributed by atoms with van der Waals surface area (Å²) in [5.74, 6) is -3.10. The van der Waals surface area contributed by atoms with Crippen molar-refractivity contribution in [2.24, 2.45) is 0 Å². The first-order valence-electron chi connectivity index (χ1n) is 10.1. The van der Waals surface area contributed by atoms with Crippen molar-refractivity contribution in [1.29, 1.82) is 0 Å². The quantitative estimate of drug-likeness (QED) is 0.704. The Bertz CT molecular complexity index is 1170. The monoisotopic (exact) mass is 460 g/mol. The molecule has 2 aromatic carbocycles. The van der Waals surface area contributed by atoms with Crippen LogP contribution >= 0.6 is 11.6 Å². The Morgan fingerprint density at radius 2 is 1.94 bits per heavy atom. The highest BCUT2D eigenvalue weighted by molar-refractivity contribution is 6.31. The summed E-state index contributed by atoms with van der Waals surface area (Å²) in [6.07, 6.45) is 0.170. The summed E-state index contributed by atoms with van der Waals surface area (Å²) in [4.78, 5) is 50.5. The maximum Gasteiger partial charge on any atom is 0.255 e. The Labute approximate surface area is 187 Å². The number of halogens is 3. The van der Waals surface area contributed by atoms with E-state index in [0.29, 0.717) is 5.56 Å². The lowest BCUT2D eigenvalue weighted by Crippen LogP contribution is -2.44. The number of amides is 2. The van der Waals surface area contributed by atoms with Gasteiger partial charge in [-0.2, -0.15) is 0 Å². The van der Waals surface area contributed by atoms with Gasteiger partial charge in [0, 0.05) is 22.6 Å². The van der Waals surface area contributed by atoms with Crippen LogP contribution in [0.4, 0.5) is 8.78 Å². The van der Waals surface area contributed by atoms with Gasteiger partial charge in [0.05, 0.1) is 30.6 Å². The standard InChI is InChI=1S/C23H19ClF2N2O4/c1-11(14-4-2-12(25)8-18(14)24)27-22(31)16-6-5-15-17(21(16)26)10-28(23(15)32)19-7-3-13(29)9-20(19)30/h2,4-6,8,11,19H,3,7,9-10H2,1H3,(H,27,31)/t11-,19?/m0/s1. The van der Waals surface area contributed by atoms with Crippen LogP contribution in [0.1, 0.15) is 64.1 Å². The van der Waals surface area contributed by atoms with Crippen molar-refractivity contribution in [2.75, 3.05) is 0 Å². The molecule has 2 amide bonds. The Hall–Kier alpha value is -3.13. The number of hydrogen-bond donors (Lipinski definition) is 1. The molecule has 1 aliphatic carbocycles. The molecule has 6 nitrogen and oxygen atoms in total. The molecule has 9 heteroatoms. The minimum atomic E-state index is -0.840. The van der Waals surface area contributed by atoms with E-state index in [0.717, 1.165) is 6.07 Å². The molecule has 0 aromatic heterocycles. The molecule has 0 bridgehead atoms. The highest BCUT2D eigenvalue weighted by Crippen LogP contribution is 2.32. The number of carbonyl (C=O) groups excluding carboxylic acids is 4. The summed E-state index contributed by atoms with van der Waals surface area (Å²) in [7, 11) is 0. The van der Waals surface area contributed by atoms with Crippen LogP contribution in [-0.2, 0) is 16.1 Å². The van der Waals surface area contributed by atoms with Gasteiger partial charge in [0.1, 0.15) is 17.4 Å². The highest BCUT2D eigenvalue weighted by atomic mass is 35.5. The maximum absolute atomic E-state index is 15.2. The van der Waals surface area contributed by atoms with E-state index in [4.69, 9.17) is 11.6 Å². The first-order valence-corrected chi connectivity index (χ1v) is 10.5. The molecule has 1 heterocycles. The fraction of sp³-hybridized carbons (Fsp3) is 0.304. The number of carbonyl (C=O) groups is 4. The Kier molecular flexibility index (Phi) is 5.81. The molecule has 4 rings (SSSR count).